The van der Waals surface area contributed by atoms with Gasteiger partial charge in [-0.2, -0.15) is 6.42 Å². The summed E-state index contributed by atoms with van der Waals surface area (Å²) in [4.78, 5) is 0. The molecule has 2 heteroatoms. The van der Waals surface area contributed by atoms with Crippen molar-refractivity contribution in [3.05, 3.63) is 6.92 Å². The van der Waals surface area contributed by atoms with Crippen LogP contribution in [0, 0.1) is 6.92 Å². The van der Waals surface area contributed by atoms with Gasteiger partial charge in [-0.05, 0) is 0 Å². The van der Waals surface area contributed by atoms with Crippen molar-refractivity contribution in [1.82, 2.24) is 0 Å². The zero-order valence-electron chi connectivity index (χ0n) is 3.27. The van der Waals surface area contributed by atoms with Crippen LogP contribution in [-0.4, -0.2) is 0 Å². The minimum absolute atomic E-state index is 1.00. The van der Waals surface area contributed by atoms with Crippen LogP contribution in [0.5, 0.6) is 0 Å². The molecule has 0 heterocycles. The average molecular weight is 110 g/mol. The first-order valence-corrected chi connectivity index (χ1v) is 1.96. The summed E-state index contributed by atoms with van der Waals surface area (Å²) in [6.07, 6.45) is 1.00. The average Bonchev–Trinajstić information content (AvgIpc) is 1.46. The molecule has 0 aliphatic rings. The summed E-state index contributed by atoms with van der Waals surface area (Å²) >= 11 is 1.06. The van der Waals surface area contributed by atoms with E-state index in [4.69, 9.17) is 3.67 Å². The maximum atomic E-state index is 8.19. The summed E-state index contributed by atoms with van der Waals surface area (Å²) < 4.78 is 8.19. The normalized spacial score (nSPS) is 4.20. The summed E-state index contributed by atoms with van der Waals surface area (Å²) in [7, 11) is 0. The maximum absolute atomic E-state index is 8.19. The van der Waals surface area contributed by atoms with E-state index in [1.807, 2.05) is 6.92 Å². The molecule has 5 heavy (non-hydrogen) atoms. The van der Waals surface area contributed by atoms with Gasteiger partial charge in [0.2, 0.25) is 0 Å². The van der Waals surface area contributed by atoms with Crippen LogP contribution in [-0.2, 0) is 21.0 Å². The van der Waals surface area contributed by atoms with E-state index in [0.29, 0.717) is 0 Å². The quantitative estimate of drug-likeness (QED) is 0.427. The summed E-state index contributed by atoms with van der Waals surface area (Å²) in [5, 5.41) is 0. The van der Waals surface area contributed by atoms with Crippen LogP contribution < -0.4 is 0 Å². The van der Waals surface area contributed by atoms with Gasteiger partial charge in [0.15, 0.2) is 0 Å². The second-order valence-corrected chi connectivity index (χ2v) is 0.500. The Labute approximate surface area is 42.0 Å². The first-order valence-electron chi connectivity index (χ1n) is 1.39. The molecule has 31 valence electrons. The monoisotopic (exact) mass is 110 g/mol. The van der Waals surface area contributed by atoms with E-state index in [2.05, 4.69) is 6.92 Å². The van der Waals surface area contributed by atoms with Gasteiger partial charge in [-0.3, -0.25) is 0 Å². The number of hydrogen-bond donors (Lipinski definition) is 0. The second kappa shape index (κ2) is 26.2. The molecule has 0 aromatic heterocycles. The van der Waals surface area contributed by atoms with E-state index < -0.39 is 0 Å². The molecule has 0 aromatic carbocycles. The predicted molar refractivity (Wildman–Crippen MR) is 16.3 cm³/mol. The Balaban J connectivity index is 0. The van der Waals surface area contributed by atoms with Crippen molar-refractivity contribution in [3.63, 3.8) is 0 Å². The van der Waals surface area contributed by atoms with Gasteiger partial charge in [-0.25, -0.2) is 0 Å². The van der Waals surface area contributed by atoms with E-state index in [1.165, 1.54) is 0 Å². The molecule has 0 aliphatic heterocycles. The molecule has 1 nitrogen and oxygen atoms in total. The Morgan fingerprint density at radius 1 is 1.80 bits per heavy atom. The van der Waals surface area contributed by atoms with Gasteiger partial charge < -0.3 is 6.92 Å². The van der Waals surface area contributed by atoms with Gasteiger partial charge in [-0.1, -0.05) is 6.92 Å². The van der Waals surface area contributed by atoms with Crippen molar-refractivity contribution < 1.29 is 21.0 Å². The van der Waals surface area contributed by atoms with Crippen molar-refractivity contribution in [1.29, 1.82) is 0 Å². The third-order valence-electron chi connectivity index (χ3n) is 0. The SMILES string of the molecule is [CH2-]CC.[O]=[V]. The fourth-order valence-corrected chi connectivity index (χ4v) is 0. The fourth-order valence-electron chi connectivity index (χ4n) is 0. The van der Waals surface area contributed by atoms with Gasteiger partial charge in [0.25, 0.3) is 0 Å². The van der Waals surface area contributed by atoms with E-state index in [9.17, 15) is 0 Å². The van der Waals surface area contributed by atoms with Crippen LogP contribution in [0.1, 0.15) is 13.3 Å². The molecule has 0 N–H and O–H groups in total. The Kier molecular flexibility index (Phi) is 47.4. The minimum atomic E-state index is 1.00. The Morgan fingerprint density at radius 3 is 1.80 bits per heavy atom. The van der Waals surface area contributed by atoms with E-state index in [1.54, 1.807) is 0 Å². The van der Waals surface area contributed by atoms with Crippen LogP contribution in [0.15, 0.2) is 0 Å². The van der Waals surface area contributed by atoms with Crippen LogP contribution in [0.2, 0.25) is 0 Å². The molecule has 0 rings (SSSR count). The molecule has 0 amide bonds. The molecule has 0 bridgehead atoms. The van der Waals surface area contributed by atoms with Crippen LogP contribution in [0.25, 0.3) is 0 Å². The van der Waals surface area contributed by atoms with Crippen LogP contribution in [0.4, 0.5) is 0 Å². The molecule has 0 saturated carbocycles. The molecule has 0 aromatic rings. The fraction of sp³-hybridized carbons (Fsp3) is 0.667. The standard InChI is InChI=1S/C3H7.O.V/c1-3-2;;/h1,3H2,2H3;;/q-1;;. The summed E-state index contributed by atoms with van der Waals surface area (Å²) in [5.41, 5.74) is 0. The molecular formula is C3H7OV-. The molecule has 0 aliphatic carbocycles. The van der Waals surface area contributed by atoms with Gasteiger partial charge in [0.05, 0.1) is 0 Å². The van der Waals surface area contributed by atoms with Crippen molar-refractivity contribution in [3.8, 4) is 0 Å². The van der Waals surface area contributed by atoms with Crippen molar-refractivity contribution in [2.45, 2.75) is 13.3 Å². The van der Waals surface area contributed by atoms with Gasteiger partial charge >= 0.3 is 21.0 Å². The number of hydrogen-bond acceptors (Lipinski definition) is 1. The Morgan fingerprint density at radius 2 is 1.80 bits per heavy atom. The molecule has 0 radical (unpaired) electrons. The van der Waals surface area contributed by atoms with Crippen LogP contribution in [0.3, 0.4) is 0 Å². The molecular weight excluding hydrogens is 103 g/mol. The zero-order chi connectivity index (χ0) is 4.71. The van der Waals surface area contributed by atoms with Gasteiger partial charge in [0, 0.05) is 0 Å². The van der Waals surface area contributed by atoms with Gasteiger partial charge in [0.1, 0.15) is 0 Å². The van der Waals surface area contributed by atoms with E-state index in [-0.39, 0.29) is 0 Å². The number of rotatable bonds is 0. The van der Waals surface area contributed by atoms with E-state index >= 15 is 0 Å². The molecule has 0 atom stereocenters. The predicted octanol–water partition coefficient (Wildman–Crippen LogP) is 1.11. The third kappa shape index (κ3) is 169. The summed E-state index contributed by atoms with van der Waals surface area (Å²) in [6.45, 7) is 5.50. The summed E-state index contributed by atoms with van der Waals surface area (Å²) in [5.74, 6) is 0. The Bertz CT molecular complexity index is 10.9. The second-order valence-electron chi connectivity index (χ2n) is 0.500. The van der Waals surface area contributed by atoms with Crippen molar-refractivity contribution in [2.24, 2.45) is 0 Å². The molecule has 0 fully saturated rings. The summed E-state index contributed by atoms with van der Waals surface area (Å²) in [6, 6.07) is 0. The topological polar surface area (TPSA) is 17.1 Å². The third-order valence-corrected chi connectivity index (χ3v) is 0. The zero-order valence-corrected chi connectivity index (χ0v) is 4.67. The van der Waals surface area contributed by atoms with Crippen molar-refractivity contribution in [2.75, 3.05) is 0 Å². The molecule has 0 saturated heterocycles. The molecule has 0 unspecified atom stereocenters. The molecule has 0 spiro atoms. The Hall–Kier alpha value is 0.384. The first-order chi connectivity index (χ1) is 2.41. The van der Waals surface area contributed by atoms with Gasteiger partial charge in [-0.15, -0.1) is 0 Å². The van der Waals surface area contributed by atoms with Crippen molar-refractivity contribution >= 4 is 0 Å². The van der Waals surface area contributed by atoms with Crippen LogP contribution >= 0.6 is 0 Å². The van der Waals surface area contributed by atoms with E-state index in [0.717, 1.165) is 23.8 Å². The first kappa shape index (κ1) is 9.04.